The number of carbonyl (C=O) groups is 1. The second-order valence-corrected chi connectivity index (χ2v) is 4.20. The lowest BCUT2D eigenvalue weighted by Crippen LogP contribution is -2.26. The molecule has 1 aromatic carbocycles. The zero-order chi connectivity index (χ0) is 9.97. The topological polar surface area (TPSA) is 29.1 Å². The van der Waals surface area contributed by atoms with E-state index in [0.717, 1.165) is 23.3 Å². The van der Waals surface area contributed by atoms with Gasteiger partial charge in [0.2, 0.25) is 5.91 Å². The van der Waals surface area contributed by atoms with Crippen LogP contribution in [0.15, 0.2) is 29.2 Å². The summed E-state index contributed by atoms with van der Waals surface area (Å²) in [5, 5.41) is 2.96. The minimum Gasteiger partial charge on any atom is -0.353 e. The van der Waals surface area contributed by atoms with Crippen LogP contribution < -0.4 is 5.32 Å². The maximum absolute atomic E-state index is 11.4. The normalized spacial score (nSPS) is 15.2. The number of amides is 1. The summed E-state index contributed by atoms with van der Waals surface area (Å²) in [6.45, 7) is 0. The summed E-state index contributed by atoms with van der Waals surface area (Å²) in [6.07, 6.45) is 2.76. The van der Waals surface area contributed by atoms with Crippen molar-refractivity contribution in [3.8, 4) is 0 Å². The van der Waals surface area contributed by atoms with Crippen LogP contribution in [0.5, 0.6) is 0 Å². The van der Waals surface area contributed by atoms with Crippen LogP contribution in [0.25, 0.3) is 0 Å². The molecule has 0 aliphatic heterocycles. The molecule has 0 spiro atoms. The first kappa shape index (κ1) is 9.59. The monoisotopic (exact) mass is 207 g/mol. The third-order valence-electron chi connectivity index (χ3n) is 2.24. The molecule has 0 unspecified atom stereocenters. The maximum Gasteiger partial charge on any atom is 0.224 e. The van der Waals surface area contributed by atoms with Gasteiger partial charge in [-0.05, 0) is 30.5 Å². The Bertz CT molecular complexity index is 330. The van der Waals surface area contributed by atoms with Crippen molar-refractivity contribution < 1.29 is 4.79 Å². The van der Waals surface area contributed by atoms with Crippen molar-refractivity contribution in [3.63, 3.8) is 0 Å². The van der Waals surface area contributed by atoms with E-state index >= 15 is 0 Å². The van der Waals surface area contributed by atoms with Crippen molar-refractivity contribution in [2.75, 3.05) is 0 Å². The summed E-state index contributed by atoms with van der Waals surface area (Å²) in [6, 6.07) is 8.14. The molecule has 1 aliphatic carbocycles. The van der Waals surface area contributed by atoms with Gasteiger partial charge in [0.1, 0.15) is 0 Å². The summed E-state index contributed by atoms with van der Waals surface area (Å²) in [5.74, 6) is 0.124. The molecular weight excluding hydrogens is 194 g/mol. The van der Waals surface area contributed by atoms with E-state index in [4.69, 9.17) is 0 Å². The second-order valence-electron chi connectivity index (χ2n) is 3.69. The van der Waals surface area contributed by atoms with Crippen LogP contribution in [0.4, 0.5) is 0 Å². The highest BCUT2D eigenvalue weighted by molar-refractivity contribution is 7.80. The number of thiol groups is 1. The fraction of sp³-hybridized carbons (Fsp3) is 0.364. The first-order valence-electron chi connectivity index (χ1n) is 4.81. The second kappa shape index (κ2) is 4.05. The molecule has 74 valence electrons. The van der Waals surface area contributed by atoms with E-state index < -0.39 is 0 Å². The molecule has 0 radical (unpaired) electrons. The average molecular weight is 207 g/mol. The maximum atomic E-state index is 11.4. The van der Waals surface area contributed by atoms with Gasteiger partial charge in [-0.3, -0.25) is 4.79 Å². The summed E-state index contributed by atoms with van der Waals surface area (Å²) < 4.78 is 0. The first-order chi connectivity index (χ1) is 6.74. The van der Waals surface area contributed by atoms with Gasteiger partial charge in [0.25, 0.3) is 0 Å². The lowest BCUT2D eigenvalue weighted by molar-refractivity contribution is -0.120. The van der Waals surface area contributed by atoms with Gasteiger partial charge < -0.3 is 5.32 Å². The van der Waals surface area contributed by atoms with E-state index in [2.05, 4.69) is 17.9 Å². The fourth-order valence-electron chi connectivity index (χ4n) is 1.31. The molecule has 1 fully saturated rings. The molecule has 2 rings (SSSR count). The highest BCUT2D eigenvalue weighted by atomic mass is 32.1. The van der Waals surface area contributed by atoms with Crippen molar-refractivity contribution >= 4 is 18.5 Å². The zero-order valence-electron chi connectivity index (χ0n) is 7.86. The van der Waals surface area contributed by atoms with E-state index in [1.54, 1.807) is 0 Å². The van der Waals surface area contributed by atoms with Gasteiger partial charge in [-0.1, -0.05) is 12.1 Å². The molecule has 2 nitrogen and oxygen atoms in total. The molecule has 3 heteroatoms. The number of nitrogens with one attached hydrogen (secondary N) is 1. The Morgan fingerprint density at radius 3 is 2.57 bits per heavy atom. The van der Waals surface area contributed by atoms with E-state index in [1.807, 2.05) is 24.3 Å². The van der Waals surface area contributed by atoms with E-state index in [1.165, 1.54) is 0 Å². The van der Waals surface area contributed by atoms with Gasteiger partial charge in [-0.2, -0.15) is 0 Å². The molecule has 0 saturated heterocycles. The van der Waals surface area contributed by atoms with Crippen LogP contribution in [0.3, 0.4) is 0 Å². The van der Waals surface area contributed by atoms with Crippen molar-refractivity contribution in [2.45, 2.75) is 30.2 Å². The predicted octanol–water partition coefficient (Wildman–Crippen LogP) is 1.80. The Hall–Kier alpha value is -0.960. The first-order valence-corrected chi connectivity index (χ1v) is 5.26. The number of carbonyl (C=O) groups excluding carboxylic acids is 1. The largest absolute Gasteiger partial charge is 0.353 e. The molecule has 0 aromatic heterocycles. The smallest absolute Gasteiger partial charge is 0.224 e. The SMILES string of the molecule is O=C(Cc1ccc(S)cc1)NC1CC1. The van der Waals surface area contributed by atoms with Crippen molar-refractivity contribution in [2.24, 2.45) is 0 Å². The minimum atomic E-state index is 0.124. The molecule has 1 N–H and O–H groups in total. The lowest BCUT2D eigenvalue weighted by Gasteiger charge is -2.03. The molecule has 1 aliphatic rings. The summed E-state index contributed by atoms with van der Waals surface area (Å²) in [5.41, 5.74) is 1.04. The molecule has 0 bridgehead atoms. The van der Waals surface area contributed by atoms with Gasteiger partial charge in [-0.25, -0.2) is 0 Å². The molecule has 1 amide bonds. The van der Waals surface area contributed by atoms with Gasteiger partial charge >= 0.3 is 0 Å². The zero-order valence-corrected chi connectivity index (χ0v) is 8.76. The Labute approximate surface area is 89.1 Å². The third-order valence-corrected chi connectivity index (χ3v) is 2.54. The fourth-order valence-corrected chi connectivity index (χ4v) is 1.45. The Kier molecular flexibility index (Phi) is 2.77. The van der Waals surface area contributed by atoms with Crippen molar-refractivity contribution in [1.29, 1.82) is 0 Å². The number of hydrogen-bond donors (Lipinski definition) is 2. The predicted molar refractivity (Wildman–Crippen MR) is 58.6 cm³/mol. The van der Waals surface area contributed by atoms with Crippen LogP contribution in [0, 0.1) is 0 Å². The molecule has 1 aromatic rings. The van der Waals surface area contributed by atoms with Gasteiger partial charge in [0.05, 0.1) is 6.42 Å². The molecule has 0 heterocycles. The Morgan fingerprint density at radius 2 is 2.00 bits per heavy atom. The van der Waals surface area contributed by atoms with Crippen LogP contribution in [-0.4, -0.2) is 11.9 Å². The number of rotatable bonds is 3. The summed E-state index contributed by atoms with van der Waals surface area (Å²) in [4.78, 5) is 12.3. The third kappa shape index (κ3) is 2.77. The highest BCUT2D eigenvalue weighted by Crippen LogP contribution is 2.18. The van der Waals surface area contributed by atoms with Crippen LogP contribution in [0.2, 0.25) is 0 Å². The van der Waals surface area contributed by atoms with Gasteiger partial charge in [-0.15, -0.1) is 12.6 Å². The van der Waals surface area contributed by atoms with E-state index in [-0.39, 0.29) is 5.91 Å². The Balaban J connectivity index is 1.89. The van der Waals surface area contributed by atoms with Crippen LogP contribution in [0.1, 0.15) is 18.4 Å². The van der Waals surface area contributed by atoms with Crippen LogP contribution in [-0.2, 0) is 11.2 Å². The highest BCUT2D eigenvalue weighted by Gasteiger charge is 2.22. The lowest BCUT2D eigenvalue weighted by atomic mass is 10.1. The summed E-state index contributed by atoms with van der Waals surface area (Å²) in [7, 11) is 0. The van der Waals surface area contributed by atoms with Crippen molar-refractivity contribution in [1.82, 2.24) is 5.32 Å². The molecule has 14 heavy (non-hydrogen) atoms. The minimum absolute atomic E-state index is 0.124. The molecular formula is C11H13NOS. The van der Waals surface area contributed by atoms with Crippen molar-refractivity contribution in [3.05, 3.63) is 29.8 Å². The molecule has 0 atom stereocenters. The van der Waals surface area contributed by atoms with Gasteiger partial charge in [0, 0.05) is 10.9 Å². The quantitative estimate of drug-likeness (QED) is 0.727. The Morgan fingerprint density at radius 1 is 1.36 bits per heavy atom. The average Bonchev–Trinajstić information content (AvgIpc) is 2.93. The molecule has 1 saturated carbocycles. The van der Waals surface area contributed by atoms with E-state index in [0.29, 0.717) is 12.5 Å². The standard InChI is InChI=1S/C11H13NOS/c13-11(12-9-3-4-9)7-8-1-5-10(14)6-2-8/h1-2,5-6,9,14H,3-4,7H2,(H,12,13). The summed E-state index contributed by atoms with van der Waals surface area (Å²) >= 11 is 4.19. The van der Waals surface area contributed by atoms with E-state index in [9.17, 15) is 4.79 Å². The van der Waals surface area contributed by atoms with Crippen LogP contribution >= 0.6 is 12.6 Å². The number of benzene rings is 1. The van der Waals surface area contributed by atoms with Gasteiger partial charge in [0.15, 0.2) is 0 Å². The number of hydrogen-bond acceptors (Lipinski definition) is 2.